The molecule has 1 nitrogen and oxygen atoms in total. The molecule has 1 aliphatic rings. The molecular weight excluding hydrogens is 282 g/mol. The molecule has 2 rings (SSSR count). The molecule has 1 aromatic carbocycles. The van der Waals surface area contributed by atoms with Crippen molar-refractivity contribution in [1.29, 1.82) is 0 Å². The molecule has 2 heteroatoms. The van der Waals surface area contributed by atoms with Crippen LogP contribution in [-0.2, 0) is 0 Å². The van der Waals surface area contributed by atoms with Crippen molar-refractivity contribution in [3.63, 3.8) is 0 Å². The van der Waals surface area contributed by atoms with Gasteiger partial charge in [0.1, 0.15) is 0 Å². The van der Waals surface area contributed by atoms with Crippen molar-refractivity contribution >= 4 is 8.07 Å². The Morgan fingerprint density at radius 3 is 2.27 bits per heavy atom. The zero-order valence-electron chi connectivity index (χ0n) is 15.0. The second kappa shape index (κ2) is 8.88. The van der Waals surface area contributed by atoms with Crippen molar-refractivity contribution in [2.24, 2.45) is 0 Å². The van der Waals surface area contributed by atoms with Gasteiger partial charge in [0.05, 0.1) is 0 Å². The summed E-state index contributed by atoms with van der Waals surface area (Å²) in [6.07, 6.45) is 7.16. The van der Waals surface area contributed by atoms with Crippen molar-refractivity contribution in [3.05, 3.63) is 35.9 Å². The van der Waals surface area contributed by atoms with Gasteiger partial charge in [-0.1, -0.05) is 75.3 Å². The van der Waals surface area contributed by atoms with Crippen LogP contribution in [0.1, 0.15) is 50.5 Å². The first-order valence-corrected chi connectivity index (χ1v) is 12.8. The molecule has 1 unspecified atom stereocenters. The van der Waals surface area contributed by atoms with E-state index in [4.69, 9.17) is 0 Å². The zero-order chi connectivity index (χ0) is 15.8. The summed E-state index contributed by atoms with van der Waals surface area (Å²) in [5, 5.41) is 0. The Labute approximate surface area is 139 Å². The van der Waals surface area contributed by atoms with Gasteiger partial charge in [0, 0.05) is 8.07 Å². The van der Waals surface area contributed by atoms with E-state index < -0.39 is 8.07 Å². The minimum Gasteiger partial charge on any atom is -0.303 e. The van der Waals surface area contributed by atoms with E-state index in [-0.39, 0.29) is 0 Å². The van der Waals surface area contributed by atoms with Gasteiger partial charge in [0.25, 0.3) is 0 Å². The molecule has 0 radical (unpaired) electrons. The lowest BCUT2D eigenvalue weighted by molar-refractivity contribution is 0.285. The summed E-state index contributed by atoms with van der Waals surface area (Å²) in [6, 6.07) is 14.0. The molecule has 0 spiro atoms. The van der Waals surface area contributed by atoms with Gasteiger partial charge in [-0.05, 0) is 50.4 Å². The standard InChI is InChI=1S/C20H35NSi/c1-19(20-12-7-6-8-13-20)18-22(2,3)17-11-16-21-14-9-4-5-10-15-21/h6-8,12-13,19H,4-5,9-11,14-18H2,1-3H3. The molecule has 1 heterocycles. The molecule has 0 aliphatic carbocycles. The second-order valence-electron chi connectivity index (χ2n) is 8.04. The van der Waals surface area contributed by atoms with Crippen LogP contribution >= 0.6 is 0 Å². The first-order valence-electron chi connectivity index (χ1n) is 9.34. The van der Waals surface area contributed by atoms with E-state index in [1.165, 1.54) is 69.4 Å². The largest absolute Gasteiger partial charge is 0.303 e. The van der Waals surface area contributed by atoms with Crippen LogP contribution in [0.2, 0.25) is 25.2 Å². The molecule has 0 N–H and O–H groups in total. The number of benzene rings is 1. The smallest absolute Gasteiger partial charge is 0.0480 e. The van der Waals surface area contributed by atoms with Gasteiger partial charge in [-0.2, -0.15) is 0 Å². The Kier molecular flexibility index (Phi) is 7.16. The average molecular weight is 318 g/mol. The Morgan fingerprint density at radius 2 is 1.64 bits per heavy atom. The van der Waals surface area contributed by atoms with Crippen LogP contribution in [0.15, 0.2) is 30.3 Å². The van der Waals surface area contributed by atoms with Crippen LogP contribution in [0.5, 0.6) is 0 Å². The van der Waals surface area contributed by atoms with Gasteiger partial charge >= 0.3 is 0 Å². The lowest BCUT2D eigenvalue weighted by Crippen LogP contribution is -2.31. The van der Waals surface area contributed by atoms with Crippen molar-refractivity contribution < 1.29 is 0 Å². The minimum absolute atomic E-state index is 0.723. The number of rotatable bonds is 7. The van der Waals surface area contributed by atoms with E-state index in [9.17, 15) is 0 Å². The third-order valence-electron chi connectivity index (χ3n) is 5.25. The number of nitrogens with zero attached hydrogens (tertiary/aromatic N) is 1. The van der Waals surface area contributed by atoms with Gasteiger partial charge in [0.2, 0.25) is 0 Å². The fourth-order valence-corrected chi connectivity index (χ4v) is 7.18. The molecule has 1 fully saturated rings. The van der Waals surface area contributed by atoms with Crippen LogP contribution in [-0.4, -0.2) is 32.6 Å². The van der Waals surface area contributed by atoms with Crippen LogP contribution < -0.4 is 0 Å². The molecule has 1 aromatic rings. The Balaban J connectivity index is 1.73. The predicted octanol–water partition coefficient (Wildman–Crippen LogP) is 5.76. The van der Waals surface area contributed by atoms with Crippen molar-refractivity contribution in [2.75, 3.05) is 19.6 Å². The Morgan fingerprint density at radius 1 is 1.00 bits per heavy atom. The van der Waals surface area contributed by atoms with Crippen LogP contribution in [0, 0.1) is 0 Å². The van der Waals surface area contributed by atoms with Gasteiger partial charge in [-0.15, -0.1) is 0 Å². The van der Waals surface area contributed by atoms with Gasteiger partial charge < -0.3 is 4.90 Å². The topological polar surface area (TPSA) is 3.24 Å². The minimum atomic E-state index is -1.07. The zero-order valence-corrected chi connectivity index (χ0v) is 16.0. The van der Waals surface area contributed by atoms with E-state index in [2.05, 4.69) is 55.2 Å². The van der Waals surface area contributed by atoms with E-state index >= 15 is 0 Å². The molecule has 1 saturated heterocycles. The lowest BCUT2D eigenvalue weighted by Gasteiger charge is -2.28. The van der Waals surface area contributed by atoms with Crippen LogP contribution in [0.3, 0.4) is 0 Å². The maximum atomic E-state index is 2.72. The number of hydrogen-bond donors (Lipinski definition) is 0. The molecule has 1 aliphatic heterocycles. The highest BCUT2D eigenvalue weighted by Crippen LogP contribution is 2.29. The highest BCUT2D eigenvalue weighted by atomic mass is 28.3. The summed E-state index contributed by atoms with van der Waals surface area (Å²) in [4.78, 5) is 2.72. The average Bonchev–Trinajstić information content (AvgIpc) is 2.76. The molecule has 0 amide bonds. The Hall–Kier alpha value is -0.603. The molecule has 0 aromatic heterocycles. The van der Waals surface area contributed by atoms with Crippen molar-refractivity contribution in [2.45, 2.75) is 70.1 Å². The van der Waals surface area contributed by atoms with Gasteiger partial charge in [-0.25, -0.2) is 0 Å². The third kappa shape index (κ3) is 6.25. The number of hydrogen-bond acceptors (Lipinski definition) is 1. The summed E-state index contributed by atoms with van der Waals surface area (Å²) in [6.45, 7) is 11.6. The van der Waals surface area contributed by atoms with E-state index in [0.29, 0.717) is 0 Å². The number of likely N-dealkylation sites (tertiary alicyclic amines) is 1. The molecular formula is C20H35NSi. The maximum absolute atomic E-state index is 2.72. The molecule has 0 saturated carbocycles. The summed E-state index contributed by atoms with van der Waals surface area (Å²) < 4.78 is 0. The SMILES string of the molecule is CC(C[Si](C)(C)CCCN1CCCCCC1)c1ccccc1. The monoisotopic (exact) mass is 317 g/mol. The fraction of sp³-hybridized carbons (Fsp3) is 0.700. The van der Waals surface area contributed by atoms with Crippen LogP contribution in [0.4, 0.5) is 0 Å². The lowest BCUT2D eigenvalue weighted by atomic mass is 10.0. The van der Waals surface area contributed by atoms with Crippen molar-refractivity contribution in [3.8, 4) is 0 Å². The quantitative estimate of drug-likeness (QED) is 0.577. The Bertz CT molecular complexity index is 407. The fourth-order valence-electron chi connectivity index (χ4n) is 3.97. The van der Waals surface area contributed by atoms with Gasteiger partial charge in [-0.3, -0.25) is 0 Å². The normalized spacial score (nSPS) is 18.9. The van der Waals surface area contributed by atoms with E-state index in [1.54, 1.807) is 0 Å². The summed E-state index contributed by atoms with van der Waals surface area (Å²) in [5.74, 6) is 0.723. The molecule has 1 atom stereocenters. The summed E-state index contributed by atoms with van der Waals surface area (Å²) in [5.41, 5.74) is 1.52. The highest BCUT2D eigenvalue weighted by Gasteiger charge is 2.24. The van der Waals surface area contributed by atoms with Crippen LogP contribution in [0.25, 0.3) is 0 Å². The van der Waals surface area contributed by atoms with E-state index in [0.717, 1.165) is 5.92 Å². The third-order valence-corrected chi connectivity index (χ3v) is 8.68. The van der Waals surface area contributed by atoms with E-state index in [1.807, 2.05) is 0 Å². The second-order valence-corrected chi connectivity index (χ2v) is 13.3. The predicted molar refractivity (Wildman–Crippen MR) is 101 cm³/mol. The highest BCUT2D eigenvalue weighted by molar-refractivity contribution is 6.77. The molecule has 124 valence electrons. The summed E-state index contributed by atoms with van der Waals surface area (Å²) in [7, 11) is -1.07. The molecule has 22 heavy (non-hydrogen) atoms. The first-order chi connectivity index (χ1) is 10.6. The van der Waals surface area contributed by atoms with Gasteiger partial charge in [0.15, 0.2) is 0 Å². The summed E-state index contributed by atoms with van der Waals surface area (Å²) >= 11 is 0. The van der Waals surface area contributed by atoms with Crippen molar-refractivity contribution in [1.82, 2.24) is 4.90 Å². The molecule has 0 bridgehead atoms. The maximum Gasteiger partial charge on any atom is 0.0480 e. The first kappa shape index (κ1) is 17.7.